The van der Waals surface area contributed by atoms with E-state index in [1.54, 1.807) is 29.9 Å². The van der Waals surface area contributed by atoms with Crippen LogP contribution in [-0.2, 0) is 23.5 Å². The van der Waals surface area contributed by atoms with Crippen molar-refractivity contribution in [3.8, 4) is 17.1 Å². The molecule has 0 radical (unpaired) electrons. The quantitative estimate of drug-likeness (QED) is 0.478. The van der Waals surface area contributed by atoms with Crippen LogP contribution in [-0.4, -0.2) is 76.7 Å². The van der Waals surface area contributed by atoms with Crippen molar-refractivity contribution in [2.24, 2.45) is 13.0 Å². The maximum atomic E-state index is 13.4. The number of sulfonamides is 1. The second-order valence-corrected chi connectivity index (χ2v) is 11.3. The SMILES string of the molecule is CCCc1nn(C)c2c(=O)[nH]c(-c3cc(S(=O)(=O)N4CC(CN5CCC5)C4)ccc3OCC)nc12. The summed E-state index contributed by atoms with van der Waals surface area (Å²) in [4.78, 5) is 23.0. The number of nitrogens with zero attached hydrogens (tertiary/aromatic N) is 5. The Hall–Kier alpha value is -2.76. The Morgan fingerprint density at radius 2 is 1.97 bits per heavy atom. The summed E-state index contributed by atoms with van der Waals surface area (Å²) >= 11 is 0. The standard InChI is InChI=1S/C24H32N6O4S/c1-4-7-19-21-22(28(3)27-19)24(31)26-23(25-21)18-12-17(8-9-20(18)34-5-2)35(32,33)30-14-16(15-30)13-29-10-6-11-29/h8-9,12,16H,4-7,10-11,13-15H2,1-3H3,(H,25,26,31). The van der Waals surface area contributed by atoms with E-state index in [1.165, 1.54) is 10.7 Å². The normalized spacial score (nSPS) is 17.5. The highest BCUT2D eigenvalue weighted by Gasteiger charge is 2.38. The van der Waals surface area contributed by atoms with Crippen molar-refractivity contribution in [2.75, 3.05) is 39.3 Å². The number of nitrogens with one attached hydrogen (secondary N) is 1. The Kier molecular flexibility index (Phi) is 6.41. The summed E-state index contributed by atoms with van der Waals surface area (Å²) in [5.74, 6) is 1.11. The molecule has 2 aliphatic rings. The van der Waals surface area contributed by atoms with Crippen molar-refractivity contribution < 1.29 is 13.2 Å². The molecule has 11 heteroatoms. The van der Waals surface area contributed by atoms with Crippen LogP contribution in [0.3, 0.4) is 0 Å². The molecule has 3 aromatic rings. The van der Waals surface area contributed by atoms with Crippen LogP contribution < -0.4 is 10.3 Å². The van der Waals surface area contributed by atoms with Gasteiger partial charge >= 0.3 is 0 Å². The van der Waals surface area contributed by atoms with Crippen molar-refractivity contribution >= 4 is 21.1 Å². The summed E-state index contributed by atoms with van der Waals surface area (Å²) in [7, 11) is -1.94. The van der Waals surface area contributed by atoms with Crippen molar-refractivity contribution in [2.45, 2.75) is 38.0 Å². The minimum atomic E-state index is -3.66. The number of aromatic nitrogens is 4. The van der Waals surface area contributed by atoms with Gasteiger partial charge in [-0.2, -0.15) is 9.40 Å². The summed E-state index contributed by atoms with van der Waals surface area (Å²) in [6, 6.07) is 4.77. The lowest BCUT2D eigenvalue weighted by Crippen LogP contribution is -2.55. The lowest BCUT2D eigenvalue weighted by atomic mass is 10.0. The molecule has 0 unspecified atom stereocenters. The van der Waals surface area contributed by atoms with Gasteiger partial charge in [0.15, 0.2) is 5.52 Å². The van der Waals surface area contributed by atoms with Crippen molar-refractivity contribution in [3.05, 3.63) is 34.2 Å². The molecule has 4 heterocycles. The fraction of sp³-hybridized carbons (Fsp3) is 0.542. The highest BCUT2D eigenvalue weighted by molar-refractivity contribution is 7.89. The maximum absolute atomic E-state index is 13.4. The second-order valence-electron chi connectivity index (χ2n) is 9.37. The van der Waals surface area contributed by atoms with Crippen LogP contribution in [0.4, 0.5) is 0 Å². The van der Waals surface area contributed by atoms with Crippen LogP contribution in [0.25, 0.3) is 22.4 Å². The molecule has 5 rings (SSSR count). The molecule has 35 heavy (non-hydrogen) atoms. The topological polar surface area (TPSA) is 113 Å². The Morgan fingerprint density at radius 3 is 2.63 bits per heavy atom. The van der Waals surface area contributed by atoms with Gasteiger partial charge in [-0.1, -0.05) is 13.3 Å². The molecule has 0 spiro atoms. The third-order valence-corrected chi connectivity index (χ3v) is 8.61. The van der Waals surface area contributed by atoms with Gasteiger partial charge in [0.25, 0.3) is 5.56 Å². The molecule has 2 aromatic heterocycles. The Balaban J connectivity index is 1.51. The zero-order chi connectivity index (χ0) is 24.7. The summed E-state index contributed by atoms with van der Waals surface area (Å²) in [5.41, 5.74) is 1.78. The Bertz CT molecular complexity index is 1400. The maximum Gasteiger partial charge on any atom is 0.277 e. The van der Waals surface area contributed by atoms with Gasteiger partial charge < -0.3 is 14.6 Å². The fourth-order valence-corrected chi connectivity index (χ4v) is 6.45. The number of hydrogen-bond acceptors (Lipinski definition) is 7. The predicted molar refractivity (Wildman–Crippen MR) is 133 cm³/mol. The zero-order valence-electron chi connectivity index (χ0n) is 20.5. The van der Waals surface area contributed by atoms with Gasteiger partial charge in [0, 0.05) is 26.7 Å². The fourth-order valence-electron chi connectivity index (χ4n) is 4.83. The number of hydrogen-bond donors (Lipinski definition) is 1. The van der Waals surface area contributed by atoms with E-state index in [4.69, 9.17) is 9.72 Å². The van der Waals surface area contributed by atoms with E-state index in [1.807, 2.05) is 13.8 Å². The van der Waals surface area contributed by atoms with Crippen LogP contribution in [0.1, 0.15) is 32.4 Å². The first-order chi connectivity index (χ1) is 16.8. The molecular formula is C24H32N6O4S. The summed E-state index contributed by atoms with van der Waals surface area (Å²) in [6.45, 7) is 8.51. The molecule has 0 amide bonds. The number of fused-ring (bicyclic) bond motifs is 1. The summed E-state index contributed by atoms with van der Waals surface area (Å²) in [5, 5.41) is 4.47. The summed E-state index contributed by atoms with van der Waals surface area (Å²) < 4.78 is 35.6. The van der Waals surface area contributed by atoms with Crippen LogP contribution in [0.2, 0.25) is 0 Å². The molecule has 1 N–H and O–H groups in total. The van der Waals surface area contributed by atoms with Gasteiger partial charge in [0.05, 0.1) is 22.8 Å². The first-order valence-electron chi connectivity index (χ1n) is 12.3. The average molecular weight is 501 g/mol. The smallest absolute Gasteiger partial charge is 0.277 e. The highest BCUT2D eigenvalue weighted by Crippen LogP contribution is 2.34. The number of H-pyrrole nitrogens is 1. The molecule has 2 saturated heterocycles. The van der Waals surface area contributed by atoms with Crippen LogP contribution >= 0.6 is 0 Å². The molecule has 0 bridgehead atoms. The van der Waals surface area contributed by atoms with E-state index in [9.17, 15) is 13.2 Å². The lowest BCUT2D eigenvalue weighted by Gasteiger charge is -2.42. The van der Waals surface area contributed by atoms with E-state index < -0.39 is 10.0 Å². The molecule has 0 aliphatic carbocycles. The van der Waals surface area contributed by atoms with Crippen LogP contribution in [0.5, 0.6) is 5.75 Å². The third-order valence-electron chi connectivity index (χ3n) is 6.78. The van der Waals surface area contributed by atoms with E-state index in [0.717, 1.165) is 31.7 Å². The van der Waals surface area contributed by atoms with Crippen LogP contribution in [0, 0.1) is 5.92 Å². The molecule has 188 valence electrons. The highest BCUT2D eigenvalue weighted by atomic mass is 32.2. The number of benzene rings is 1. The predicted octanol–water partition coefficient (Wildman–Crippen LogP) is 2.00. The number of likely N-dealkylation sites (tertiary alicyclic amines) is 1. The van der Waals surface area contributed by atoms with Crippen molar-refractivity contribution in [1.82, 2.24) is 29.0 Å². The van der Waals surface area contributed by atoms with Crippen molar-refractivity contribution in [1.29, 1.82) is 0 Å². The molecule has 0 atom stereocenters. The second kappa shape index (κ2) is 9.36. The van der Waals surface area contributed by atoms with Gasteiger partial charge in [0.2, 0.25) is 10.0 Å². The molecule has 1 aromatic carbocycles. The molecule has 10 nitrogen and oxygen atoms in total. The molecule has 2 fully saturated rings. The van der Waals surface area contributed by atoms with Gasteiger partial charge in [-0.3, -0.25) is 9.48 Å². The van der Waals surface area contributed by atoms with E-state index in [2.05, 4.69) is 15.0 Å². The monoisotopic (exact) mass is 500 g/mol. The van der Waals surface area contributed by atoms with Crippen molar-refractivity contribution in [3.63, 3.8) is 0 Å². The van der Waals surface area contributed by atoms with E-state index in [-0.39, 0.29) is 16.3 Å². The largest absolute Gasteiger partial charge is 0.493 e. The first kappa shape index (κ1) is 24.0. The molecule has 0 saturated carbocycles. The van der Waals surface area contributed by atoms with Gasteiger partial charge in [0.1, 0.15) is 17.1 Å². The molecule has 2 aliphatic heterocycles. The number of aromatic amines is 1. The number of aryl methyl sites for hydroxylation is 2. The Morgan fingerprint density at radius 1 is 1.20 bits per heavy atom. The molecular weight excluding hydrogens is 468 g/mol. The lowest BCUT2D eigenvalue weighted by molar-refractivity contribution is 0.0945. The van der Waals surface area contributed by atoms with E-state index in [0.29, 0.717) is 54.4 Å². The number of ether oxygens (including phenoxy) is 1. The van der Waals surface area contributed by atoms with Crippen LogP contribution in [0.15, 0.2) is 27.9 Å². The van der Waals surface area contributed by atoms with Gasteiger partial charge in [-0.25, -0.2) is 13.4 Å². The number of rotatable bonds is 9. The average Bonchev–Trinajstić information content (AvgIpc) is 3.07. The van der Waals surface area contributed by atoms with Gasteiger partial charge in [-0.15, -0.1) is 0 Å². The van der Waals surface area contributed by atoms with E-state index >= 15 is 0 Å². The minimum Gasteiger partial charge on any atom is -0.493 e. The van der Waals surface area contributed by atoms with Gasteiger partial charge in [-0.05, 0) is 57.0 Å². The minimum absolute atomic E-state index is 0.168. The zero-order valence-corrected chi connectivity index (χ0v) is 21.3. The Labute approximate surface area is 205 Å². The summed E-state index contributed by atoms with van der Waals surface area (Å²) in [6.07, 6.45) is 2.78. The third kappa shape index (κ3) is 4.36. The first-order valence-corrected chi connectivity index (χ1v) is 13.7.